The van der Waals surface area contributed by atoms with Gasteiger partial charge in [0.2, 0.25) is 5.91 Å². The van der Waals surface area contributed by atoms with Crippen molar-refractivity contribution in [3.8, 4) is 0 Å². The SMILES string of the molecule is CN(CC(=O)O)C1CCN(CC(=O)NC(=O)NCc2ccccc2)CC1.Cl. The Bertz CT molecular complexity index is 621. The smallest absolute Gasteiger partial charge is 0.321 e. The lowest BCUT2D eigenvalue weighted by atomic mass is 10.0. The molecule has 3 amide bonds. The molecule has 0 bridgehead atoms. The first-order chi connectivity index (χ1) is 12.4. The van der Waals surface area contributed by atoms with Gasteiger partial charge in [-0.3, -0.25) is 24.7 Å². The number of piperidine rings is 1. The number of hydrogen-bond acceptors (Lipinski definition) is 5. The maximum absolute atomic E-state index is 12.0. The third kappa shape index (κ3) is 8.38. The van der Waals surface area contributed by atoms with Gasteiger partial charge in [-0.25, -0.2) is 4.79 Å². The van der Waals surface area contributed by atoms with Crippen LogP contribution in [0.5, 0.6) is 0 Å². The predicted octanol–water partition coefficient (Wildman–Crippen LogP) is 0.915. The Morgan fingerprint density at radius 2 is 1.81 bits per heavy atom. The minimum absolute atomic E-state index is 0. The summed E-state index contributed by atoms with van der Waals surface area (Å²) in [7, 11) is 1.80. The summed E-state index contributed by atoms with van der Waals surface area (Å²) in [5.41, 5.74) is 0.961. The number of nitrogens with zero attached hydrogens (tertiary/aromatic N) is 2. The molecule has 0 atom stereocenters. The fourth-order valence-corrected chi connectivity index (χ4v) is 3.05. The van der Waals surface area contributed by atoms with E-state index in [4.69, 9.17) is 5.11 Å². The minimum atomic E-state index is -0.837. The fourth-order valence-electron chi connectivity index (χ4n) is 3.05. The molecule has 3 N–H and O–H groups in total. The molecule has 0 radical (unpaired) electrons. The van der Waals surface area contributed by atoms with Gasteiger partial charge in [-0.2, -0.15) is 0 Å². The Morgan fingerprint density at radius 1 is 1.19 bits per heavy atom. The molecule has 150 valence electrons. The summed E-state index contributed by atoms with van der Waals surface area (Å²) in [5.74, 6) is -1.18. The maximum Gasteiger partial charge on any atom is 0.321 e. The lowest BCUT2D eigenvalue weighted by molar-refractivity contribution is -0.138. The average Bonchev–Trinajstić information content (AvgIpc) is 2.61. The van der Waals surface area contributed by atoms with Gasteiger partial charge in [0.25, 0.3) is 0 Å². The van der Waals surface area contributed by atoms with Gasteiger partial charge in [-0.1, -0.05) is 30.3 Å². The zero-order valence-electron chi connectivity index (χ0n) is 15.4. The van der Waals surface area contributed by atoms with Crippen molar-refractivity contribution in [3.05, 3.63) is 35.9 Å². The molecule has 0 aromatic heterocycles. The summed E-state index contributed by atoms with van der Waals surface area (Å²) < 4.78 is 0. The normalized spacial score (nSPS) is 15.0. The maximum atomic E-state index is 12.0. The van der Waals surface area contributed by atoms with Gasteiger partial charge in [0.05, 0.1) is 13.1 Å². The van der Waals surface area contributed by atoms with Crippen molar-refractivity contribution in [1.82, 2.24) is 20.4 Å². The Labute approximate surface area is 165 Å². The van der Waals surface area contributed by atoms with Crippen LogP contribution in [0.25, 0.3) is 0 Å². The van der Waals surface area contributed by atoms with Crippen molar-refractivity contribution >= 4 is 30.3 Å². The molecule has 1 aromatic rings. The van der Waals surface area contributed by atoms with Crippen LogP contribution in [0.1, 0.15) is 18.4 Å². The van der Waals surface area contributed by atoms with Gasteiger partial charge in [0, 0.05) is 25.7 Å². The van der Waals surface area contributed by atoms with E-state index in [0.717, 1.165) is 18.4 Å². The Hall–Kier alpha value is -2.16. The number of halogens is 1. The summed E-state index contributed by atoms with van der Waals surface area (Å²) in [4.78, 5) is 38.4. The summed E-state index contributed by atoms with van der Waals surface area (Å²) in [5, 5.41) is 13.8. The second-order valence-electron chi connectivity index (χ2n) is 6.53. The molecule has 1 aliphatic rings. The van der Waals surface area contributed by atoms with E-state index in [-0.39, 0.29) is 37.4 Å². The first-order valence-electron chi connectivity index (χ1n) is 8.70. The molecule has 1 aromatic carbocycles. The van der Waals surface area contributed by atoms with Crippen LogP contribution in [0.15, 0.2) is 30.3 Å². The molecule has 9 heteroatoms. The van der Waals surface area contributed by atoms with Crippen LogP contribution >= 0.6 is 12.4 Å². The number of likely N-dealkylation sites (N-methyl/N-ethyl adjacent to an activating group) is 1. The van der Waals surface area contributed by atoms with Gasteiger partial charge in [0.15, 0.2) is 0 Å². The average molecular weight is 399 g/mol. The summed E-state index contributed by atoms with van der Waals surface area (Å²) in [6.07, 6.45) is 1.61. The van der Waals surface area contributed by atoms with Gasteiger partial charge in [0.1, 0.15) is 0 Å². The molecule has 1 heterocycles. The molecule has 0 unspecified atom stereocenters. The predicted molar refractivity (Wildman–Crippen MR) is 104 cm³/mol. The van der Waals surface area contributed by atoms with E-state index in [2.05, 4.69) is 10.6 Å². The molecule has 8 nitrogen and oxygen atoms in total. The van der Waals surface area contributed by atoms with E-state index in [0.29, 0.717) is 19.6 Å². The van der Waals surface area contributed by atoms with Crippen LogP contribution in [0.2, 0.25) is 0 Å². The number of likely N-dealkylation sites (tertiary alicyclic amines) is 1. The van der Waals surface area contributed by atoms with Crippen LogP contribution in [0, 0.1) is 0 Å². The molecule has 0 aliphatic carbocycles. The molecule has 0 saturated carbocycles. The topological polar surface area (TPSA) is 102 Å². The van der Waals surface area contributed by atoms with E-state index in [9.17, 15) is 14.4 Å². The fraction of sp³-hybridized carbons (Fsp3) is 0.500. The van der Waals surface area contributed by atoms with Crippen LogP contribution in [-0.2, 0) is 16.1 Å². The van der Waals surface area contributed by atoms with Gasteiger partial charge in [-0.05, 0) is 25.5 Å². The largest absolute Gasteiger partial charge is 0.480 e. The molecule has 0 spiro atoms. The van der Waals surface area contributed by atoms with Crippen LogP contribution in [-0.4, -0.2) is 72.1 Å². The number of aliphatic carboxylic acids is 1. The summed E-state index contributed by atoms with van der Waals surface area (Å²) in [6.45, 7) is 1.95. The second-order valence-corrected chi connectivity index (χ2v) is 6.53. The number of urea groups is 1. The summed E-state index contributed by atoms with van der Waals surface area (Å²) in [6, 6.07) is 9.17. The molecular weight excluding hydrogens is 372 g/mol. The first-order valence-corrected chi connectivity index (χ1v) is 8.70. The zero-order chi connectivity index (χ0) is 18.9. The zero-order valence-corrected chi connectivity index (χ0v) is 16.2. The van der Waals surface area contributed by atoms with Crippen molar-refractivity contribution in [2.24, 2.45) is 0 Å². The van der Waals surface area contributed by atoms with Crippen LogP contribution in [0.3, 0.4) is 0 Å². The minimum Gasteiger partial charge on any atom is -0.480 e. The van der Waals surface area contributed by atoms with Crippen molar-refractivity contribution in [2.45, 2.75) is 25.4 Å². The highest BCUT2D eigenvalue weighted by Gasteiger charge is 2.24. The highest BCUT2D eigenvalue weighted by molar-refractivity contribution is 5.95. The number of carbonyl (C=O) groups is 3. The monoisotopic (exact) mass is 398 g/mol. The number of amides is 3. The van der Waals surface area contributed by atoms with Crippen LogP contribution in [0.4, 0.5) is 4.79 Å². The molecular formula is C18H27ClN4O4. The standard InChI is InChI=1S/C18H26N4O4.ClH/c1-21(13-17(24)25)15-7-9-22(10-8-15)12-16(23)20-18(26)19-11-14-5-3-2-4-6-14;/h2-6,15H,7-13H2,1H3,(H,24,25)(H2,19,20,23,26);1H. The Balaban J connectivity index is 0.00000364. The van der Waals surface area contributed by atoms with Crippen molar-refractivity contribution in [2.75, 3.05) is 33.2 Å². The number of hydrogen-bond donors (Lipinski definition) is 3. The van der Waals surface area contributed by atoms with E-state index in [1.165, 1.54) is 0 Å². The second kappa shape index (κ2) is 11.5. The third-order valence-corrected chi connectivity index (χ3v) is 4.48. The van der Waals surface area contributed by atoms with Crippen molar-refractivity contribution in [1.29, 1.82) is 0 Å². The summed E-state index contributed by atoms with van der Waals surface area (Å²) >= 11 is 0. The highest BCUT2D eigenvalue weighted by atomic mass is 35.5. The van der Waals surface area contributed by atoms with Gasteiger partial charge < -0.3 is 10.4 Å². The number of carboxylic acids is 1. The lowest BCUT2D eigenvalue weighted by Gasteiger charge is -2.35. The number of nitrogens with one attached hydrogen (secondary N) is 2. The van der Waals surface area contributed by atoms with E-state index >= 15 is 0 Å². The van der Waals surface area contributed by atoms with Gasteiger partial charge >= 0.3 is 12.0 Å². The lowest BCUT2D eigenvalue weighted by Crippen LogP contribution is -2.49. The number of carbonyl (C=O) groups excluding carboxylic acids is 2. The molecule has 1 aliphatic heterocycles. The van der Waals surface area contributed by atoms with Crippen molar-refractivity contribution in [3.63, 3.8) is 0 Å². The highest BCUT2D eigenvalue weighted by Crippen LogP contribution is 2.14. The first kappa shape index (κ1) is 22.9. The number of rotatable bonds is 7. The van der Waals surface area contributed by atoms with Crippen molar-refractivity contribution < 1.29 is 19.5 Å². The third-order valence-electron chi connectivity index (χ3n) is 4.48. The quantitative estimate of drug-likeness (QED) is 0.631. The molecule has 27 heavy (non-hydrogen) atoms. The molecule has 2 rings (SSSR count). The van der Waals surface area contributed by atoms with Gasteiger partial charge in [-0.15, -0.1) is 12.4 Å². The molecule has 1 saturated heterocycles. The molecule has 1 fully saturated rings. The van der Waals surface area contributed by atoms with E-state index in [1.807, 2.05) is 40.1 Å². The van der Waals surface area contributed by atoms with E-state index < -0.39 is 12.0 Å². The number of imide groups is 1. The number of benzene rings is 1. The Morgan fingerprint density at radius 3 is 2.41 bits per heavy atom. The van der Waals surface area contributed by atoms with E-state index in [1.54, 1.807) is 7.05 Å². The number of carboxylic acid groups (broad SMARTS) is 1. The van der Waals surface area contributed by atoms with Crippen LogP contribution < -0.4 is 10.6 Å². The Kier molecular flexibility index (Phi) is 9.77.